The third-order valence-corrected chi connectivity index (χ3v) is 2.88. The van der Waals surface area contributed by atoms with Gasteiger partial charge in [-0.25, -0.2) is 4.89 Å². The summed E-state index contributed by atoms with van der Waals surface area (Å²) in [6.45, 7) is 12.2. The molecule has 3 nitrogen and oxygen atoms in total. The monoisotopic (exact) mass is 186 g/mol. The lowest BCUT2D eigenvalue weighted by atomic mass is 9.53. The quantitative estimate of drug-likeness (QED) is 0.489. The van der Waals surface area contributed by atoms with Crippen molar-refractivity contribution in [3.8, 4) is 0 Å². The summed E-state index contributed by atoms with van der Waals surface area (Å²) in [7, 11) is -0.275. The van der Waals surface area contributed by atoms with Crippen LogP contribution in [0.4, 0.5) is 0 Å². The maximum atomic E-state index is 5.61. The normalized spacial score (nSPS) is 25.6. The van der Waals surface area contributed by atoms with Crippen molar-refractivity contribution in [2.24, 2.45) is 0 Å². The first-order valence-electron chi connectivity index (χ1n) is 4.77. The van der Waals surface area contributed by atoms with E-state index in [4.69, 9.17) is 14.3 Å². The Balaban J connectivity index is 2.70. The second kappa shape index (κ2) is 3.26. The summed E-state index contributed by atoms with van der Waals surface area (Å²) in [5, 5.41) is -0.128. The zero-order chi connectivity index (χ0) is 10.3. The molecule has 0 aliphatic carbocycles. The molecule has 1 heterocycles. The van der Waals surface area contributed by atoms with E-state index >= 15 is 0 Å². The Morgan fingerprint density at radius 2 is 1.69 bits per heavy atom. The summed E-state index contributed by atoms with van der Waals surface area (Å²) in [5.74, 6) is 0. The van der Waals surface area contributed by atoms with E-state index in [-0.39, 0.29) is 24.1 Å². The zero-order valence-corrected chi connectivity index (χ0v) is 9.38. The first-order chi connectivity index (χ1) is 5.77. The Morgan fingerprint density at radius 1 is 1.15 bits per heavy atom. The molecule has 1 aliphatic rings. The van der Waals surface area contributed by atoms with Crippen LogP contribution in [0.15, 0.2) is 0 Å². The van der Waals surface area contributed by atoms with Crippen LogP contribution in [0.3, 0.4) is 0 Å². The molecule has 1 saturated heterocycles. The van der Waals surface area contributed by atoms with Crippen molar-refractivity contribution < 1.29 is 14.3 Å². The van der Waals surface area contributed by atoms with Gasteiger partial charge in [-0.05, 0) is 27.7 Å². The summed E-state index contributed by atoms with van der Waals surface area (Å²) in [4.78, 5) is 10.4. The third kappa shape index (κ3) is 1.90. The van der Waals surface area contributed by atoms with E-state index < -0.39 is 0 Å². The minimum atomic E-state index is -0.299. The average Bonchev–Trinajstić information content (AvgIpc) is 2.11. The highest BCUT2D eigenvalue weighted by atomic mass is 17.2. The molecule has 0 radical (unpaired) electrons. The van der Waals surface area contributed by atoms with Gasteiger partial charge in [0, 0.05) is 11.4 Å². The topological polar surface area (TPSA) is 27.7 Å². The highest BCUT2D eigenvalue weighted by Gasteiger charge is 2.57. The van der Waals surface area contributed by atoms with Crippen LogP contribution in [0.1, 0.15) is 41.5 Å². The van der Waals surface area contributed by atoms with E-state index in [1.54, 1.807) is 0 Å². The van der Waals surface area contributed by atoms with Gasteiger partial charge in [-0.3, -0.25) is 4.81 Å². The molecule has 13 heavy (non-hydrogen) atoms. The van der Waals surface area contributed by atoms with Crippen molar-refractivity contribution >= 4 is 7.12 Å². The highest BCUT2D eigenvalue weighted by Crippen LogP contribution is 2.49. The maximum absolute atomic E-state index is 5.61. The lowest BCUT2D eigenvalue weighted by Gasteiger charge is -2.31. The first-order valence-corrected chi connectivity index (χ1v) is 4.77. The van der Waals surface area contributed by atoms with E-state index in [0.717, 1.165) is 0 Å². The van der Waals surface area contributed by atoms with Crippen molar-refractivity contribution in [3.05, 3.63) is 0 Å². The fraction of sp³-hybridized carbons (Fsp3) is 1.00. The fourth-order valence-corrected chi connectivity index (χ4v) is 1.12. The van der Waals surface area contributed by atoms with Crippen LogP contribution >= 0.6 is 0 Å². The molecule has 0 amide bonds. The molecule has 0 aromatic rings. The van der Waals surface area contributed by atoms with Crippen molar-refractivity contribution in [2.45, 2.75) is 58.6 Å². The van der Waals surface area contributed by atoms with Crippen LogP contribution in [0.25, 0.3) is 0 Å². The Labute approximate surface area is 80.8 Å². The van der Waals surface area contributed by atoms with Crippen molar-refractivity contribution in [2.75, 3.05) is 0 Å². The molecule has 0 aromatic heterocycles. The van der Waals surface area contributed by atoms with E-state index in [0.29, 0.717) is 0 Å². The average molecular weight is 186 g/mol. The molecule has 4 heteroatoms. The Hall–Kier alpha value is -0.0551. The summed E-state index contributed by atoms with van der Waals surface area (Å²) in [5.41, 5.74) is -0.299. The zero-order valence-electron chi connectivity index (χ0n) is 9.38. The Kier molecular flexibility index (Phi) is 2.77. The molecule has 0 bridgehead atoms. The Morgan fingerprint density at radius 3 is 2.00 bits per heavy atom. The van der Waals surface area contributed by atoms with Crippen molar-refractivity contribution in [1.29, 1.82) is 0 Å². The maximum Gasteiger partial charge on any atom is 0.499 e. The lowest BCUT2D eigenvalue weighted by Crippen LogP contribution is -2.39. The second-order valence-electron chi connectivity index (χ2n) is 4.93. The molecule has 1 fully saturated rings. The van der Waals surface area contributed by atoms with Crippen LogP contribution in [0, 0.1) is 0 Å². The van der Waals surface area contributed by atoms with E-state index in [2.05, 4.69) is 13.8 Å². The SMILES string of the molecule is CC(C)OB1OOC(C)(C)C1(C)C. The van der Waals surface area contributed by atoms with Crippen molar-refractivity contribution in [1.82, 2.24) is 0 Å². The molecule has 0 saturated carbocycles. The smallest absolute Gasteiger partial charge is 0.407 e. The van der Waals surface area contributed by atoms with E-state index in [1.165, 1.54) is 0 Å². The highest BCUT2D eigenvalue weighted by molar-refractivity contribution is 6.49. The Bertz CT molecular complexity index is 189. The van der Waals surface area contributed by atoms with Gasteiger partial charge >= 0.3 is 7.12 Å². The van der Waals surface area contributed by atoms with Gasteiger partial charge in [-0.2, -0.15) is 0 Å². The number of hydrogen-bond donors (Lipinski definition) is 0. The molecule has 0 unspecified atom stereocenters. The molecule has 0 aromatic carbocycles. The first kappa shape index (κ1) is 11.0. The third-order valence-electron chi connectivity index (χ3n) is 2.88. The largest absolute Gasteiger partial charge is 0.499 e. The summed E-state index contributed by atoms with van der Waals surface area (Å²) >= 11 is 0. The predicted molar refractivity (Wildman–Crippen MR) is 52.3 cm³/mol. The van der Waals surface area contributed by atoms with Gasteiger partial charge < -0.3 is 4.65 Å². The molecule has 0 spiro atoms. The second-order valence-corrected chi connectivity index (χ2v) is 4.93. The lowest BCUT2D eigenvalue weighted by molar-refractivity contribution is -0.267. The minimum absolute atomic E-state index is 0.128. The van der Waals surface area contributed by atoms with Gasteiger partial charge in [-0.1, -0.05) is 13.8 Å². The molecule has 0 atom stereocenters. The van der Waals surface area contributed by atoms with Crippen LogP contribution in [0.5, 0.6) is 0 Å². The molecular weight excluding hydrogens is 167 g/mol. The van der Waals surface area contributed by atoms with Gasteiger partial charge in [-0.15, -0.1) is 0 Å². The van der Waals surface area contributed by atoms with Gasteiger partial charge in [0.15, 0.2) is 0 Å². The fourth-order valence-electron chi connectivity index (χ4n) is 1.12. The van der Waals surface area contributed by atoms with Gasteiger partial charge in [0.05, 0.1) is 0 Å². The van der Waals surface area contributed by atoms with E-state index in [9.17, 15) is 0 Å². The molecule has 1 rings (SSSR count). The standard InChI is InChI=1S/C9H19BO3/c1-7(2)11-10-8(3,4)9(5,6)12-13-10/h7H,1-6H3. The van der Waals surface area contributed by atoms with Gasteiger partial charge in [0.1, 0.15) is 5.60 Å². The number of rotatable bonds is 2. The predicted octanol–water partition coefficient (Wildman–Crippen LogP) is 2.42. The van der Waals surface area contributed by atoms with E-state index in [1.807, 2.05) is 27.7 Å². The molecule has 76 valence electrons. The van der Waals surface area contributed by atoms with Crippen molar-refractivity contribution in [3.63, 3.8) is 0 Å². The van der Waals surface area contributed by atoms with Gasteiger partial charge in [0.25, 0.3) is 0 Å². The number of hydrogen-bond acceptors (Lipinski definition) is 3. The van der Waals surface area contributed by atoms with Gasteiger partial charge in [0.2, 0.25) is 0 Å². The summed E-state index contributed by atoms with van der Waals surface area (Å²) in [6, 6.07) is 0. The molecular formula is C9H19BO3. The minimum Gasteiger partial charge on any atom is -0.407 e. The summed E-state index contributed by atoms with van der Waals surface area (Å²) < 4.78 is 5.61. The van der Waals surface area contributed by atoms with Crippen LogP contribution in [-0.4, -0.2) is 18.8 Å². The van der Waals surface area contributed by atoms with Crippen LogP contribution in [-0.2, 0) is 14.3 Å². The van der Waals surface area contributed by atoms with Crippen LogP contribution < -0.4 is 0 Å². The summed E-state index contributed by atoms with van der Waals surface area (Å²) in [6.07, 6.45) is 0.154. The molecule has 0 N–H and O–H groups in total. The van der Waals surface area contributed by atoms with Crippen LogP contribution in [0.2, 0.25) is 5.31 Å². The molecule has 1 aliphatic heterocycles.